The van der Waals surface area contributed by atoms with E-state index >= 15 is 0 Å². The molecule has 2 aliphatic rings. The Hall–Kier alpha value is -3.22. The molecule has 7 heteroatoms. The molecule has 3 heterocycles. The van der Waals surface area contributed by atoms with Crippen molar-refractivity contribution in [2.24, 2.45) is 0 Å². The third kappa shape index (κ3) is 3.24. The third-order valence-corrected chi connectivity index (χ3v) is 6.21. The van der Waals surface area contributed by atoms with Gasteiger partial charge in [0.25, 0.3) is 11.8 Å². The molecule has 7 nitrogen and oxygen atoms in total. The topological polar surface area (TPSA) is 73.8 Å². The second kappa shape index (κ2) is 7.89. The maximum Gasteiger partial charge on any atom is 0.327 e. The van der Waals surface area contributed by atoms with Crippen LogP contribution in [0, 0.1) is 6.92 Å². The third-order valence-electron chi connectivity index (χ3n) is 6.21. The number of aromatic nitrogens is 1. The molecule has 4 rings (SSSR count). The highest BCUT2D eigenvalue weighted by atomic mass is 16.2. The van der Waals surface area contributed by atoms with Gasteiger partial charge in [0.15, 0.2) is 0 Å². The van der Waals surface area contributed by atoms with Gasteiger partial charge in [-0.05, 0) is 43.9 Å². The predicted molar refractivity (Wildman–Crippen MR) is 112 cm³/mol. The van der Waals surface area contributed by atoms with Crippen molar-refractivity contribution in [2.75, 3.05) is 19.6 Å². The summed E-state index contributed by atoms with van der Waals surface area (Å²) in [6.45, 7) is 5.24. The fourth-order valence-corrected chi connectivity index (χ4v) is 4.47. The summed E-state index contributed by atoms with van der Waals surface area (Å²) in [7, 11) is 0. The first-order valence-corrected chi connectivity index (χ1v) is 10.4. The van der Waals surface area contributed by atoms with Crippen LogP contribution >= 0.6 is 0 Å². The lowest BCUT2D eigenvalue weighted by molar-refractivity contribution is -0.135. The average molecular weight is 406 g/mol. The highest BCUT2D eigenvalue weighted by molar-refractivity contribution is 6.07. The molecular formula is C23H26N4O3. The standard InChI is InChI=1S/C23H26N4O3/c1-3-26-21(29)23(27(22(26)30)16-18-9-5-4-6-10-18)11-14-25(15-12-23)20(28)19-17(2)8-7-13-24-19/h4-10,13H,3,11-12,14-16H2,1-2H3. The Balaban J connectivity index is 1.57. The molecule has 4 amide bonds. The van der Waals surface area contributed by atoms with Crippen LogP contribution in [0.1, 0.15) is 41.4 Å². The summed E-state index contributed by atoms with van der Waals surface area (Å²) in [6.07, 6.45) is 2.47. The number of rotatable bonds is 4. The van der Waals surface area contributed by atoms with Crippen molar-refractivity contribution in [3.05, 3.63) is 65.5 Å². The molecule has 0 bridgehead atoms. The number of aryl methyl sites for hydroxylation is 1. The molecule has 2 saturated heterocycles. The van der Waals surface area contributed by atoms with Gasteiger partial charge in [-0.1, -0.05) is 36.4 Å². The Bertz CT molecular complexity index is 967. The molecule has 2 fully saturated rings. The first-order chi connectivity index (χ1) is 14.5. The van der Waals surface area contributed by atoms with E-state index in [9.17, 15) is 14.4 Å². The number of pyridine rings is 1. The van der Waals surface area contributed by atoms with Gasteiger partial charge in [-0.15, -0.1) is 0 Å². The van der Waals surface area contributed by atoms with E-state index < -0.39 is 5.54 Å². The number of hydrogen-bond acceptors (Lipinski definition) is 4. The van der Waals surface area contributed by atoms with Gasteiger partial charge < -0.3 is 9.80 Å². The van der Waals surface area contributed by atoms with E-state index in [1.165, 1.54) is 4.90 Å². The Morgan fingerprint density at radius 1 is 1.07 bits per heavy atom. The Labute approximate surface area is 176 Å². The highest BCUT2D eigenvalue weighted by Gasteiger charge is 2.57. The molecule has 0 aliphatic carbocycles. The molecule has 0 saturated carbocycles. The number of likely N-dealkylation sites (N-methyl/N-ethyl adjacent to an activating group) is 1. The van der Waals surface area contributed by atoms with Crippen molar-refractivity contribution in [2.45, 2.75) is 38.8 Å². The molecular weight excluding hydrogens is 380 g/mol. The van der Waals surface area contributed by atoms with Crippen LogP contribution in [-0.2, 0) is 11.3 Å². The lowest BCUT2D eigenvalue weighted by atomic mass is 9.85. The fourth-order valence-electron chi connectivity index (χ4n) is 4.47. The zero-order valence-corrected chi connectivity index (χ0v) is 17.4. The van der Waals surface area contributed by atoms with Crippen LogP contribution in [0.5, 0.6) is 0 Å². The van der Waals surface area contributed by atoms with E-state index in [0.717, 1.165) is 11.1 Å². The summed E-state index contributed by atoms with van der Waals surface area (Å²) >= 11 is 0. The molecule has 156 valence electrons. The average Bonchev–Trinajstić information content (AvgIpc) is 2.96. The van der Waals surface area contributed by atoms with Gasteiger partial charge in [0.1, 0.15) is 11.2 Å². The number of hydrogen-bond donors (Lipinski definition) is 0. The van der Waals surface area contributed by atoms with Crippen molar-refractivity contribution in [1.82, 2.24) is 19.7 Å². The molecule has 0 radical (unpaired) electrons. The Morgan fingerprint density at radius 3 is 2.40 bits per heavy atom. The Kier molecular flexibility index (Phi) is 5.28. The predicted octanol–water partition coefficient (Wildman–Crippen LogP) is 2.85. The first kappa shape index (κ1) is 20.1. The molecule has 0 unspecified atom stereocenters. The molecule has 30 heavy (non-hydrogen) atoms. The van der Waals surface area contributed by atoms with E-state index in [4.69, 9.17) is 0 Å². The van der Waals surface area contributed by atoms with E-state index in [1.807, 2.05) is 50.2 Å². The van der Waals surface area contributed by atoms with Crippen molar-refractivity contribution in [3.63, 3.8) is 0 Å². The van der Waals surface area contributed by atoms with Gasteiger partial charge in [0, 0.05) is 32.4 Å². The number of imide groups is 1. The van der Waals surface area contributed by atoms with Crippen LogP contribution in [0.2, 0.25) is 0 Å². The van der Waals surface area contributed by atoms with E-state index in [1.54, 1.807) is 22.1 Å². The number of piperidine rings is 1. The normalized spacial score (nSPS) is 18.4. The number of urea groups is 1. The van der Waals surface area contributed by atoms with Crippen LogP contribution in [0.25, 0.3) is 0 Å². The van der Waals surface area contributed by atoms with Gasteiger partial charge >= 0.3 is 6.03 Å². The van der Waals surface area contributed by atoms with Gasteiger partial charge in [0.05, 0.1) is 0 Å². The van der Waals surface area contributed by atoms with Crippen LogP contribution in [0.3, 0.4) is 0 Å². The molecule has 2 aromatic rings. The minimum absolute atomic E-state index is 0.123. The molecule has 0 N–H and O–H groups in total. The summed E-state index contributed by atoms with van der Waals surface area (Å²) in [5.74, 6) is -0.270. The maximum atomic E-state index is 13.3. The zero-order chi connectivity index (χ0) is 21.3. The lowest BCUT2D eigenvalue weighted by Crippen LogP contribution is -2.57. The van der Waals surface area contributed by atoms with E-state index in [2.05, 4.69) is 4.98 Å². The van der Waals surface area contributed by atoms with Crippen molar-refractivity contribution < 1.29 is 14.4 Å². The second-order valence-electron chi connectivity index (χ2n) is 7.90. The Morgan fingerprint density at radius 2 is 1.77 bits per heavy atom. The number of carbonyl (C=O) groups excluding carboxylic acids is 3. The number of likely N-dealkylation sites (tertiary alicyclic amines) is 1. The SMILES string of the molecule is CCN1C(=O)N(Cc2ccccc2)C2(CCN(C(=O)c3ncccc3C)CC2)C1=O. The quantitative estimate of drug-likeness (QED) is 0.732. The second-order valence-corrected chi connectivity index (χ2v) is 7.90. The summed E-state index contributed by atoms with van der Waals surface area (Å²) in [6, 6.07) is 13.1. The van der Waals surface area contributed by atoms with E-state index in [0.29, 0.717) is 44.7 Å². The van der Waals surface area contributed by atoms with Crippen LogP contribution in [-0.4, -0.2) is 62.7 Å². The molecule has 1 aromatic heterocycles. The van der Waals surface area contributed by atoms with Gasteiger partial charge in [-0.3, -0.25) is 19.5 Å². The van der Waals surface area contributed by atoms with Crippen LogP contribution in [0.4, 0.5) is 4.79 Å². The number of benzene rings is 1. The minimum Gasteiger partial charge on any atom is -0.337 e. The minimum atomic E-state index is -0.890. The monoisotopic (exact) mass is 406 g/mol. The first-order valence-electron chi connectivity index (χ1n) is 10.4. The van der Waals surface area contributed by atoms with Gasteiger partial charge in [-0.2, -0.15) is 0 Å². The van der Waals surface area contributed by atoms with Gasteiger partial charge in [-0.25, -0.2) is 4.79 Å². The lowest BCUT2D eigenvalue weighted by Gasteiger charge is -2.42. The van der Waals surface area contributed by atoms with Gasteiger partial charge in [0.2, 0.25) is 0 Å². The molecule has 1 aromatic carbocycles. The summed E-state index contributed by atoms with van der Waals surface area (Å²) in [5.41, 5.74) is 1.37. The summed E-state index contributed by atoms with van der Waals surface area (Å²) < 4.78 is 0. The van der Waals surface area contributed by atoms with Crippen molar-refractivity contribution in [1.29, 1.82) is 0 Å². The molecule has 0 atom stereocenters. The van der Waals surface area contributed by atoms with E-state index in [-0.39, 0.29) is 17.8 Å². The maximum absolute atomic E-state index is 13.3. The number of carbonyl (C=O) groups is 3. The van der Waals surface area contributed by atoms with Crippen LogP contribution < -0.4 is 0 Å². The summed E-state index contributed by atoms with van der Waals surface area (Å²) in [5, 5.41) is 0. The summed E-state index contributed by atoms with van der Waals surface area (Å²) in [4.78, 5) is 48.3. The molecule has 1 spiro atoms. The largest absolute Gasteiger partial charge is 0.337 e. The zero-order valence-electron chi connectivity index (χ0n) is 17.4. The highest BCUT2D eigenvalue weighted by Crippen LogP contribution is 2.38. The number of nitrogens with zero attached hydrogens (tertiary/aromatic N) is 4. The molecule has 2 aliphatic heterocycles. The van der Waals surface area contributed by atoms with Crippen LogP contribution in [0.15, 0.2) is 48.7 Å². The van der Waals surface area contributed by atoms with Crippen molar-refractivity contribution in [3.8, 4) is 0 Å². The van der Waals surface area contributed by atoms with Crippen molar-refractivity contribution >= 4 is 17.8 Å². The number of amides is 4. The smallest absolute Gasteiger partial charge is 0.327 e. The fraction of sp³-hybridized carbons (Fsp3) is 0.391.